The molecule has 0 saturated carbocycles. The minimum atomic E-state index is -0.115. The highest BCUT2D eigenvalue weighted by Gasteiger charge is 2.27. The van der Waals surface area contributed by atoms with Crippen molar-refractivity contribution >= 4 is 29.0 Å². The standard InChI is InChI=1S/C10H13Cl2N3O2/c1-6-15(3-2-4-16)9-7(5-17-6)8(11)13-10(12)14-9/h6,16H,2-5H2,1H3. The van der Waals surface area contributed by atoms with Crippen LogP contribution < -0.4 is 4.90 Å². The van der Waals surface area contributed by atoms with Crippen molar-refractivity contribution in [3.8, 4) is 0 Å². The van der Waals surface area contributed by atoms with E-state index in [-0.39, 0.29) is 18.1 Å². The van der Waals surface area contributed by atoms with Crippen molar-refractivity contribution in [2.75, 3.05) is 18.1 Å². The second-order valence-electron chi connectivity index (χ2n) is 3.77. The fraction of sp³-hybridized carbons (Fsp3) is 0.600. The molecule has 0 saturated heterocycles. The van der Waals surface area contributed by atoms with Crippen molar-refractivity contribution in [1.82, 2.24) is 9.97 Å². The number of hydrogen-bond acceptors (Lipinski definition) is 5. The monoisotopic (exact) mass is 277 g/mol. The zero-order chi connectivity index (χ0) is 12.4. The molecule has 17 heavy (non-hydrogen) atoms. The zero-order valence-corrected chi connectivity index (χ0v) is 10.9. The highest BCUT2D eigenvalue weighted by atomic mass is 35.5. The van der Waals surface area contributed by atoms with Crippen LogP contribution in [0.25, 0.3) is 0 Å². The van der Waals surface area contributed by atoms with E-state index in [4.69, 9.17) is 33.0 Å². The third-order valence-electron chi connectivity index (χ3n) is 2.64. The second kappa shape index (κ2) is 5.35. The number of rotatable bonds is 3. The molecule has 0 amide bonds. The average Bonchev–Trinajstić information content (AvgIpc) is 2.27. The summed E-state index contributed by atoms with van der Waals surface area (Å²) < 4.78 is 5.57. The van der Waals surface area contributed by atoms with Crippen LogP contribution in [0.15, 0.2) is 0 Å². The Bertz CT molecular complexity index is 417. The number of halogens is 2. The lowest BCUT2D eigenvalue weighted by atomic mass is 10.2. The Morgan fingerprint density at radius 2 is 2.24 bits per heavy atom. The molecular formula is C10H13Cl2N3O2. The van der Waals surface area contributed by atoms with Gasteiger partial charge < -0.3 is 14.7 Å². The molecule has 7 heteroatoms. The maximum Gasteiger partial charge on any atom is 0.225 e. The summed E-state index contributed by atoms with van der Waals surface area (Å²) >= 11 is 11.8. The number of nitrogens with zero attached hydrogens (tertiary/aromatic N) is 3. The van der Waals surface area contributed by atoms with Crippen LogP contribution in [0, 0.1) is 0 Å². The van der Waals surface area contributed by atoms with Gasteiger partial charge in [0, 0.05) is 13.2 Å². The van der Waals surface area contributed by atoms with Crippen molar-refractivity contribution in [2.45, 2.75) is 26.2 Å². The number of fused-ring (bicyclic) bond motifs is 1. The quantitative estimate of drug-likeness (QED) is 0.675. The van der Waals surface area contributed by atoms with Crippen molar-refractivity contribution in [3.63, 3.8) is 0 Å². The molecule has 1 unspecified atom stereocenters. The van der Waals surface area contributed by atoms with Gasteiger partial charge in [0.25, 0.3) is 0 Å². The molecular weight excluding hydrogens is 265 g/mol. The molecule has 1 aromatic rings. The molecule has 0 spiro atoms. The first-order valence-corrected chi connectivity index (χ1v) is 6.10. The molecule has 1 aliphatic rings. The lowest BCUT2D eigenvalue weighted by Gasteiger charge is -2.35. The summed E-state index contributed by atoms with van der Waals surface area (Å²) in [6.07, 6.45) is 0.517. The van der Waals surface area contributed by atoms with Crippen LogP contribution in [-0.4, -0.2) is 34.5 Å². The summed E-state index contributed by atoms with van der Waals surface area (Å²) in [6.45, 7) is 3.05. The first-order valence-electron chi connectivity index (χ1n) is 5.34. The minimum Gasteiger partial charge on any atom is -0.396 e. The van der Waals surface area contributed by atoms with Gasteiger partial charge in [-0.15, -0.1) is 0 Å². The largest absolute Gasteiger partial charge is 0.396 e. The van der Waals surface area contributed by atoms with Gasteiger partial charge in [-0.25, -0.2) is 9.97 Å². The van der Waals surface area contributed by atoms with Gasteiger partial charge in [0.1, 0.15) is 17.2 Å². The predicted octanol–water partition coefficient (Wildman–Crippen LogP) is 1.85. The molecule has 2 rings (SSSR count). The lowest BCUT2D eigenvalue weighted by molar-refractivity contribution is 0.0383. The molecule has 0 bridgehead atoms. The predicted molar refractivity (Wildman–Crippen MR) is 65.4 cm³/mol. The molecule has 2 heterocycles. The molecule has 5 nitrogen and oxygen atoms in total. The summed E-state index contributed by atoms with van der Waals surface area (Å²) in [4.78, 5) is 10.0. The van der Waals surface area contributed by atoms with Gasteiger partial charge in [-0.2, -0.15) is 0 Å². The van der Waals surface area contributed by atoms with E-state index in [1.54, 1.807) is 0 Å². The summed E-state index contributed by atoms with van der Waals surface area (Å²) in [5, 5.41) is 9.33. The summed E-state index contributed by atoms with van der Waals surface area (Å²) in [6, 6.07) is 0. The van der Waals surface area contributed by atoms with Crippen molar-refractivity contribution in [3.05, 3.63) is 16.0 Å². The molecule has 1 atom stereocenters. The van der Waals surface area contributed by atoms with Gasteiger partial charge in [-0.05, 0) is 24.9 Å². The van der Waals surface area contributed by atoms with Crippen LogP contribution in [0.4, 0.5) is 5.82 Å². The van der Waals surface area contributed by atoms with Crippen molar-refractivity contribution in [2.24, 2.45) is 0 Å². The molecule has 0 fully saturated rings. The molecule has 0 aromatic carbocycles. The Kier molecular flexibility index (Phi) is 4.04. The van der Waals surface area contributed by atoms with Gasteiger partial charge in [-0.1, -0.05) is 11.6 Å². The van der Waals surface area contributed by atoms with E-state index in [1.165, 1.54) is 0 Å². The molecule has 94 valence electrons. The first-order chi connectivity index (χ1) is 8.13. The number of ether oxygens (including phenoxy) is 1. The van der Waals surface area contributed by atoms with E-state index in [2.05, 4.69) is 9.97 Å². The molecule has 1 aromatic heterocycles. The van der Waals surface area contributed by atoms with Gasteiger partial charge in [0.15, 0.2) is 0 Å². The molecule has 1 aliphatic heterocycles. The van der Waals surface area contributed by atoms with Crippen molar-refractivity contribution in [1.29, 1.82) is 0 Å². The Morgan fingerprint density at radius 3 is 2.94 bits per heavy atom. The number of aliphatic hydroxyl groups excluding tert-OH is 1. The third kappa shape index (κ3) is 2.63. The maximum absolute atomic E-state index is 8.89. The van der Waals surface area contributed by atoms with Gasteiger partial charge >= 0.3 is 0 Å². The SMILES string of the molecule is CC1OCc2c(Cl)nc(Cl)nc2N1CCCO. The van der Waals surface area contributed by atoms with Crippen LogP contribution in [-0.2, 0) is 11.3 Å². The summed E-state index contributed by atoms with van der Waals surface area (Å²) in [7, 11) is 0. The topological polar surface area (TPSA) is 58.5 Å². The Labute approximate surface area is 109 Å². The van der Waals surface area contributed by atoms with Gasteiger partial charge in [0.2, 0.25) is 5.28 Å². The zero-order valence-electron chi connectivity index (χ0n) is 9.36. The molecule has 1 N–H and O–H groups in total. The van der Waals surface area contributed by atoms with Crippen LogP contribution >= 0.6 is 23.2 Å². The highest BCUT2D eigenvalue weighted by molar-refractivity contribution is 6.32. The van der Waals surface area contributed by atoms with Gasteiger partial charge in [0.05, 0.1) is 12.2 Å². The van der Waals surface area contributed by atoms with E-state index in [9.17, 15) is 0 Å². The van der Waals surface area contributed by atoms with E-state index in [0.29, 0.717) is 30.5 Å². The number of aliphatic hydroxyl groups is 1. The van der Waals surface area contributed by atoms with E-state index in [0.717, 1.165) is 5.56 Å². The number of anilines is 1. The van der Waals surface area contributed by atoms with Crippen LogP contribution in [0.5, 0.6) is 0 Å². The Balaban J connectivity index is 2.36. The Hall–Kier alpha value is -0.620. The smallest absolute Gasteiger partial charge is 0.225 e. The number of hydrogen-bond donors (Lipinski definition) is 1. The van der Waals surface area contributed by atoms with Crippen LogP contribution in [0.2, 0.25) is 10.4 Å². The fourth-order valence-electron chi connectivity index (χ4n) is 1.78. The summed E-state index contributed by atoms with van der Waals surface area (Å²) in [5.74, 6) is 0.696. The average molecular weight is 278 g/mol. The van der Waals surface area contributed by atoms with Crippen LogP contribution in [0.3, 0.4) is 0 Å². The fourth-order valence-corrected chi connectivity index (χ4v) is 2.20. The molecule has 0 aliphatic carbocycles. The normalized spacial score (nSPS) is 19.3. The third-order valence-corrected chi connectivity index (χ3v) is 3.13. The Morgan fingerprint density at radius 1 is 1.47 bits per heavy atom. The van der Waals surface area contributed by atoms with Crippen LogP contribution in [0.1, 0.15) is 18.9 Å². The van der Waals surface area contributed by atoms with E-state index >= 15 is 0 Å². The summed E-state index contributed by atoms with van der Waals surface area (Å²) in [5.41, 5.74) is 0.743. The molecule has 0 radical (unpaired) electrons. The van der Waals surface area contributed by atoms with Gasteiger partial charge in [-0.3, -0.25) is 0 Å². The van der Waals surface area contributed by atoms with E-state index in [1.807, 2.05) is 11.8 Å². The highest BCUT2D eigenvalue weighted by Crippen LogP contribution is 2.32. The number of aromatic nitrogens is 2. The van der Waals surface area contributed by atoms with E-state index < -0.39 is 0 Å². The van der Waals surface area contributed by atoms with Crippen molar-refractivity contribution < 1.29 is 9.84 Å². The lowest BCUT2D eigenvalue weighted by Crippen LogP contribution is -2.41. The first kappa shape index (κ1) is 12.8. The minimum absolute atomic E-state index is 0.115. The second-order valence-corrected chi connectivity index (χ2v) is 4.46. The maximum atomic E-state index is 8.89.